The van der Waals surface area contributed by atoms with Gasteiger partial charge in [0.25, 0.3) is 0 Å². The number of allylic oxidation sites excluding steroid dienone is 3. The molecule has 0 bridgehead atoms. The Morgan fingerprint density at radius 1 is 1.16 bits per heavy atom. The number of nitrogens with zero attached hydrogens (tertiary/aromatic N) is 2. The number of hydrogen-bond donors (Lipinski definition) is 3. The quantitative estimate of drug-likeness (QED) is 0.480. The minimum Gasteiger partial charge on any atom is -0.469 e. The number of nitrogens with one attached hydrogen (secondary N) is 2. The molecule has 4 atom stereocenters. The third-order valence-corrected chi connectivity index (χ3v) is 7.61. The number of carbonyl (C=O) groups excluding carboxylic acids is 1. The number of rotatable bonds is 7. The second-order valence-corrected chi connectivity index (χ2v) is 10.6. The molecule has 1 fully saturated rings. The SMILES string of the molecule is COC(=O)C1C=C2NC(O)/C(=C(\NC3=CCC(N4C(CN(C)C)=CCC4C)C=C3)c3ccccc3)C2=CC1. The Bertz CT molecular complexity index is 1250. The molecule has 2 heterocycles. The molecular formula is C31H38N4O3. The number of likely N-dealkylation sites (N-methyl/N-ethyl adjacent to an activating group) is 1. The van der Waals surface area contributed by atoms with E-state index in [9.17, 15) is 9.90 Å². The molecule has 0 amide bonds. The van der Waals surface area contributed by atoms with Crippen LogP contribution in [0.2, 0.25) is 0 Å². The van der Waals surface area contributed by atoms with E-state index in [4.69, 9.17) is 4.74 Å². The van der Waals surface area contributed by atoms with Crippen molar-refractivity contribution in [2.45, 2.75) is 44.5 Å². The number of benzene rings is 1. The number of methoxy groups -OCH3 is 1. The molecule has 0 saturated carbocycles. The van der Waals surface area contributed by atoms with Gasteiger partial charge in [0.15, 0.2) is 6.23 Å². The summed E-state index contributed by atoms with van der Waals surface area (Å²) in [5.74, 6) is -0.628. The van der Waals surface area contributed by atoms with E-state index in [1.165, 1.54) is 12.8 Å². The van der Waals surface area contributed by atoms with Gasteiger partial charge in [0.2, 0.25) is 0 Å². The number of carbonyl (C=O) groups is 1. The van der Waals surface area contributed by atoms with Gasteiger partial charge in [0, 0.05) is 40.8 Å². The van der Waals surface area contributed by atoms with Gasteiger partial charge in [0.1, 0.15) is 0 Å². The van der Waals surface area contributed by atoms with Gasteiger partial charge in [-0.05, 0) is 58.0 Å². The molecule has 3 N–H and O–H groups in total. The predicted octanol–water partition coefficient (Wildman–Crippen LogP) is 3.66. The van der Waals surface area contributed by atoms with E-state index in [1.54, 1.807) is 0 Å². The van der Waals surface area contributed by atoms with Gasteiger partial charge in [-0.1, -0.05) is 54.6 Å². The molecule has 7 nitrogen and oxygen atoms in total. The highest BCUT2D eigenvalue weighted by Crippen LogP contribution is 2.38. The molecule has 1 aromatic carbocycles. The highest BCUT2D eigenvalue weighted by atomic mass is 16.5. The van der Waals surface area contributed by atoms with E-state index in [1.807, 2.05) is 42.5 Å². The van der Waals surface area contributed by atoms with Gasteiger partial charge >= 0.3 is 5.97 Å². The highest BCUT2D eigenvalue weighted by molar-refractivity contribution is 5.80. The first-order valence-electron chi connectivity index (χ1n) is 13.4. The molecule has 200 valence electrons. The van der Waals surface area contributed by atoms with E-state index in [2.05, 4.69) is 65.8 Å². The monoisotopic (exact) mass is 514 g/mol. The Morgan fingerprint density at radius 2 is 1.95 bits per heavy atom. The van der Waals surface area contributed by atoms with Crippen molar-refractivity contribution in [2.75, 3.05) is 27.7 Å². The van der Waals surface area contributed by atoms with Crippen LogP contribution in [-0.4, -0.2) is 66.9 Å². The molecule has 2 aliphatic heterocycles. The number of aliphatic hydroxyl groups excluding tert-OH is 1. The normalized spacial score (nSPS) is 27.7. The Hall–Kier alpha value is -3.55. The molecule has 2 aliphatic carbocycles. The summed E-state index contributed by atoms with van der Waals surface area (Å²) in [6, 6.07) is 10.9. The molecule has 1 saturated heterocycles. The van der Waals surface area contributed by atoms with Crippen molar-refractivity contribution in [3.63, 3.8) is 0 Å². The van der Waals surface area contributed by atoms with Gasteiger partial charge in [-0.2, -0.15) is 0 Å². The molecule has 4 unspecified atom stereocenters. The molecular weight excluding hydrogens is 476 g/mol. The Labute approximate surface area is 225 Å². The maximum Gasteiger partial charge on any atom is 0.312 e. The van der Waals surface area contributed by atoms with Gasteiger partial charge in [-0.3, -0.25) is 4.79 Å². The first kappa shape index (κ1) is 26.1. The smallest absolute Gasteiger partial charge is 0.312 e. The van der Waals surface area contributed by atoms with Crippen LogP contribution < -0.4 is 10.6 Å². The topological polar surface area (TPSA) is 77.1 Å². The van der Waals surface area contributed by atoms with Crippen LogP contribution in [0, 0.1) is 5.92 Å². The average molecular weight is 515 g/mol. The van der Waals surface area contributed by atoms with Crippen LogP contribution in [0.3, 0.4) is 0 Å². The summed E-state index contributed by atoms with van der Waals surface area (Å²) in [6.07, 6.45) is 14.6. The lowest BCUT2D eigenvalue weighted by Gasteiger charge is -2.36. The molecule has 4 aliphatic rings. The molecule has 5 rings (SSSR count). The van der Waals surface area contributed by atoms with Crippen molar-refractivity contribution >= 4 is 11.7 Å². The molecule has 0 spiro atoms. The van der Waals surface area contributed by atoms with E-state index in [0.29, 0.717) is 18.5 Å². The van der Waals surface area contributed by atoms with Gasteiger partial charge in [0.05, 0.1) is 24.8 Å². The Balaban J connectivity index is 1.41. The molecule has 38 heavy (non-hydrogen) atoms. The van der Waals surface area contributed by atoms with Gasteiger partial charge < -0.3 is 30.3 Å². The standard InChI is InChI=1S/C31H38N4O3/c1-20-10-14-25(19-34(2)3)35(20)24-15-12-23(13-16-24)32-29(21-8-6-5-7-9-21)28-26-17-11-22(31(37)38-4)18-27(26)33-30(28)36/h5-9,12-15,17-18,20,22,24,30,32-33,36H,10-11,16,19H2,1-4H3/b29-28-. The van der Waals surface area contributed by atoms with Crippen LogP contribution in [0.5, 0.6) is 0 Å². The van der Waals surface area contributed by atoms with Crippen molar-refractivity contribution in [3.05, 3.63) is 101 Å². The zero-order valence-electron chi connectivity index (χ0n) is 22.6. The summed E-state index contributed by atoms with van der Waals surface area (Å²) in [7, 11) is 5.63. The van der Waals surface area contributed by atoms with Crippen molar-refractivity contribution in [1.29, 1.82) is 0 Å². The van der Waals surface area contributed by atoms with Crippen LogP contribution in [0.4, 0.5) is 0 Å². The fourth-order valence-electron chi connectivity index (χ4n) is 5.82. The summed E-state index contributed by atoms with van der Waals surface area (Å²) in [6.45, 7) is 3.24. The third-order valence-electron chi connectivity index (χ3n) is 7.61. The van der Waals surface area contributed by atoms with Crippen LogP contribution >= 0.6 is 0 Å². The van der Waals surface area contributed by atoms with Crippen LogP contribution in [-0.2, 0) is 9.53 Å². The van der Waals surface area contributed by atoms with Crippen LogP contribution in [0.15, 0.2) is 95.0 Å². The summed E-state index contributed by atoms with van der Waals surface area (Å²) in [5, 5.41) is 17.9. The average Bonchev–Trinajstić information content (AvgIpc) is 3.44. The van der Waals surface area contributed by atoms with Crippen LogP contribution in [0.25, 0.3) is 5.70 Å². The van der Waals surface area contributed by atoms with Gasteiger partial charge in [-0.25, -0.2) is 0 Å². The van der Waals surface area contributed by atoms with E-state index < -0.39 is 6.23 Å². The number of aliphatic hydroxyl groups is 1. The second-order valence-electron chi connectivity index (χ2n) is 10.6. The number of fused-ring (bicyclic) bond motifs is 1. The first-order chi connectivity index (χ1) is 18.4. The minimum absolute atomic E-state index is 0.272. The lowest BCUT2D eigenvalue weighted by molar-refractivity contribution is -0.143. The summed E-state index contributed by atoms with van der Waals surface area (Å²) in [4.78, 5) is 16.9. The van der Waals surface area contributed by atoms with Crippen LogP contribution in [0.1, 0.15) is 31.7 Å². The summed E-state index contributed by atoms with van der Waals surface area (Å²) in [5.41, 5.74) is 6.71. The lowest BCUT2D eigenvalue weighted by Crippen LogP contribution is -2.40. The Morgan fingerprint density at radius 3 is 2.63 bits per heavy atom. The van der Waals surface area contributed by atoms with Crippen molar-refractivity contribution in [1.82, 2.24) is 20.4 Å². The van der Waals surface area contributed by atoms with E-state index in [0.717, 1.165) is 53.2 Å². The number of ether oxygens (including phenoxy) is 1. The van der Waals surface area contributed by atoms with Crippen molar-refractivity contribution in [3.8, 4) is 0 Å². The molecule has 0 aromatic heterocycles. The summed E-state index contributed by atoms with van der Waals surface area (Å²) < 4.78 is 4.93. The molecule has 0 radical (unpaired) electrons. The fraction of sp³-hybridized carbons (Fsp3) is 0.387. The van der Waals surface area contributed by atoms with Gasteiger partial charge in [-0.15, -0.1) is 0 Å². The number of hydrogen-bond acceptors (Lipinski definition) is 7. The predicted molar refractivity (Wildman–Crippen MR) is 150 cm³/mol. The largest absolute Gasteiger partial charge is 0.469 e. The lowest BCUT2D eigenvalue weighted by atomic mass is 9.90. The minimum atomic E-state index is -0.892. The van der Waals surface area contributed by atoms with E-state index >= 15 is 0 Å². The molecule has 1 aromatic rings. The highest BCUT2D eigenvalue weighted by Gasteiger charge is 2.35. The zero-order valence-corrected chi connectivity index (χ0v) is 22.6. The fourth-order valence-corrected chi connectivity index (χ4v) is 5.82. The Kier molecular flexibility index (Phi) is 7.58. The summed E-state index contributed by atoms with van der Waals surface area (Å²) >= 11 is 0. The van der Waals surface area contributed by atoms with Crippen molar-refractivity contribution < 1.29 is 14.6 Å². The van der Waals surface area contributed by atoms with E-state index in [-0.39, 0.29) is 11.9 Å². The zero-order chi connectivity index (χ0) is 26.8. The van der Waals surface area contributed by atoms with Crippen molar-refractivity contribution in [2.24, 2.45) is 5.92 Å². The first-order valence-corrected chi connectivity index (χ1v) is 13.4. The maximum absolute atomic E-state index is 12.1. The molecule has 7 heteroatoms. The maximum atomic E-state index is 12.1. The number of esters is 1. The second kappa shape index (κ2) is 11.1. The third kappa shape index (κ3) is 5.22.